The first-order valence-electron chi connectivity index (χ1n) is 10.8. The van der Waals surface area contributed by atoms with Crippen molar-refractivity contribution in [2.45, 2.75) is 37.1 Å². The number of sulfonamides is 1. The molecule has 3 rings (SSSR count). The molecule has 2 aromatic rings. The fourth-order valence-corrected chi connectivity index (χ4v) is 4.66. The molecule has 0 aromatic heterocycles. The number of carbonyl (C=O) groups excluding carboxylic acids is 1. The average Bonchev–Trinajstić information content (AvgIpc) is 3.03. The molecule has 0 aliphatic carbocycles. The number of benzene rings is 2. The van der Waals surface area contributed by atoms with Crippen molar-refractivity contribution in [1.29, 1.82) is 0 Å². The number of carbonyl (C=O) groups is 1. The highest BCUT2D eigenvalue weighted by atomic mass is 32.2. The van der Waals surface area contributed by atoms with E-state index in [1.807, 2.05) is 35.2 Å². The molecule has 0 bridgehead atoms. The summed E-state index contributed by atoms with van der Waals surface area (Å²) >= 11 is 0. The molecule has 2 N–H and O–H groups in total. The third-order valence-electron chi connectivity index (χ3n) is 5.06. The Bertz CT molecular complexity index is 1050. The summed E-state index contributed by atoms with van der Waals surface area (Å²) in [7, 11) is -3.76. The van der Waals surface area contributed by atoms with Crippen molar-refractivity contribution in [2.24, 2.45) is 4.99 Å². The summed E-state index contributed by atoms with van der Waals surface area (Å²) in [4.78, 5) is 19.0. The summed E-state index contributed by atoms with van der Waals surface area (Å²) < 4.78 is 28.2. The van der Waals surface area contributed by atoms with Crippen LogP contribution in [-0.4, -0.2) is 44.7 Å². The number of nitrogens with zero attached hydrogens (tertiary/aromatic N) is 2. The zero-order valence-corrected chi connectivity index (χ0v) is 19.0. The number of amidine groups is 1. The Balaban J connectivity index is 1.64. The van der Waals surface area contributed by atoms with E-state index in [9.17, 15) is 13.2 Å². The van der Waals surface area contributed by atoms with E-state index >= 15 is 0 Å². The van der Waals surface area contributed by atoms with Crippen LogP contribution in [0.3, 0.4) is 0 Å². The summed E-state index contributed by atoms with van der Waals surface area (Å²) in [6.45, 7) is 5.74. The molecule has 0 fully saturated rings. The summed E-state index contributed by atoms with van der Waals surface area (Å²) in [5.41, 5.74) is 1.53. The zero-order chi connectivity index (χ0) is 22.8. The summed E-state index contributed by atoms with van der Waals surface area (Å²) in [6, 6.07) is 16.2. The lowest BCUT2D eigenvalue weighted by Gasteiger charge is -2.20. The second kappa shape index (κ2) is 11.6. The third-order valence-corrected chi connectivity index (χ3v) is 6.44. The topological polar surface area (TPSA) is 90.9 Å². The van der Waals surface area contributed by atoms with Crippen LogP contribution in [0.25, 0.3) is 0 Å². The molecule has 1 heterocycles. The van der Waals surface area contributed by atoms with Crippen molar-refractivity contribution in [3.8, 4) is 0 Å². The fourth-order valence-electron chi connectivity index (χ4n) is 3.53. The number of hydrogen-bond donors (Lipinski definition) is 2. The van der Waals surface area contributed by atoms with Crippen molar-refractivity contribution >= 4 is 27.5 Å². The maximum Gasteiger partial charge on any atom is 0.262 e. The van der Waals surface area contributed by atoms with Gasteiger partial charge in [-0.3, -0.25) is 19.4 Å². The van der Waals surface area contributed by atoms with Gasteiger partial charge in [0.05, 0.1) is 11.4 Å². The highest BCUT2D eigenvalue weighted by Gasteiger charge is 2.18. The third kappa shape index (κ3) is 7.32. The van der Waals surface area contributed by atoms with Crippen LogP contribution in [0.5, 0.6) is 0 Å². The SMILES string of the molecule is C=CCN(CC(=O)Nc1cccc(S(=O)(=O)NC2=NCCCCC2)c1)Cc1ccccc1. The smallest absolute Gasteiger partial charge is 0.262 e. The second-order valence-corrected chi connectivity index (χ2v) is 9.45. The highest BCUT2D eigenvalue weighted by Crippen LogP contribution is 2.17. The second-order valence-electron chi connectivity index (χ2n) is 7.76. The van der Waals surface area contributed by atoms with Gasteiger partial charge in [0.25, 0.3) is 10.0 Å². The highest BCUT2D eigenvalue weighted by molar-refractivity contribution is 7.90. The summed E-state index contributed by atoms with van der Waals surface area (Å²) in [6.07, 6.45) is 5.31. The van der Waals surface area contributed by atoms with Crippen LogP contribution in [0, 0.1) is 0 Å². The van der Waals surface area contributed by atoms with Crippen LogP contribution >= 0.6 is 0 Å². The Hall–Kier alpha value is -2.97. The van der Waals surface area contributed by atoms with E-state index in [4.69, 9.17) is 0 Å². The van der Waals surface area contributed by atoms with E-state index in [2.05, 4.69) is 21.6 Å². The van der Waals surface area contributed by atoms with Gasteiger partial charge >= 0.3 is 0 Å². The van der Waals surface area contributed by atoms with Crippen molar-refractivity contribution in [3.05, 3.63) is 72.8 Å². The lowest BCUT2D eigenvalue weighted by atomic mass is 10.2. The number of nitrogens with one attached hydrogen (secondary N) is 2. The van der Waals surface area contributed by atoms with Crippen molar-refractivity contribution in [3.63, 3.8) is 0 Å². The molecule has 170 valence electrons. The number of amides is 1. The molecule has 8 heteroatoms. The van der Waals surface area contributed by atoms with Gasteiger partial charge in [0, 0.05) is 31.7 Å². The molecule has 1 amide bonds. The molecule has 0 spiro atoms. The summed E-state index contributed by atoms with van der Waals surface area (Å²) in [5.74, 6) is 0.274. The predicted octanol–water partition coefficient (Wildman–Crippen LogP) is 3.56. The van der Waals surface area contributed by atoms with Gasteiger partial charge in [0.15, 0.2) is 0 Å². The Morgan fingerprint density at radius 1 is 1.09 bits per heavy atom. The Morgan fingerprint density at radius 3 is 2.69 bits per heavy atom. The molecular formula is C24H30N4O3S. The molecule has 0 saturated carbocycles. The molecule has 1 aliphatic rings. The number of hydrogen-bond acceptors (Lipinski definition) is 5. The minimum absolute atomic E-state index is 0.0921. The van der Waals surface area contributed by atoms with E-state index < -0.39 is 10.0 Å². The van der Waals surface area contributed by atoms with Crippen molar-refractivity contribution in [1.82, 2.24) is 9.62 Å². The van der Waals surface area contributed by atoms with Gasteiger partial charge in [0.2, 0.25) is 5.91 Å². The van der Waals surface area contributed by atoms with Crippen LogP contribution in [0.2, 0.25) is 0 Å². The van der Waals surface area contributed by atoms with Crippen LogP contribution in [0.4, 0.5) is 5.69 Å². The molecular weight excluding hydrogens is 424 g/mol. The number of anilines is 1. The van der Waals surface area contributed by atoms with Crippen LogP contribution in [0.1, 0.15) is 31.2 Å². The van der Waals surface area contributed by atoms with E-state index in [1.54, 1.807) is 18.2 Å². The number of aliphatic imine (C=N–C) groups is 1. The molecule has 0 atom stereocenters. The van der Waals surface area contributed by atoms with Gasteiger partial charge in [-0.15, -0.1) is 6.58 Å². The molecule has 0 saturated heterocycles. The zero-order valence-electron chi connectivity index (χ0n) is 18.2. The van der Waals surface area contributed by atoms with Crippen molar-refractivity contribution < 1.29 is 13.2 Å². The quantitative estimate of drug-likeness (QED) is 0.567. The molecule has 0 unspecified atom stereocenters. The molecule has 0 radical (unpaired) electrons. The maximum absolute atomic E-state index is 12.8. The molecule has 32 heavy (non-hydrogen) atoms. The van der Waals surface area contributed by atoms with Gasteiger partial charge in [-0.05, 0) is 36.6 Å². The standard InChI is InChI=1S/C24H30N4O3S/c1-2-16-28(18-20-10-5-3-6-11-20)19-24(29)26-21-12-9-13-22(17-21)32(30,31)27-23-14-7-4-8-15-25-23/h2-3,5-6,9-13,17H,1,4,7-8,14-16,18-19H2,(H,25,27)(H,26,29). The van der Waals surface area contributed by atoms with Gasteiger partial charge < -0.3 is 5.32 Å². The largest absolute Gasteiger partial charge is 0.325 e. The normalized spacial score (nSPS) is 14.3. The predicted molar refractivity (Wildman–Crippen MR) is 128 cm³/mol. The monoisotopic (exact) mass is 454 g/mol. The summed E-state index contributed by atoms with van der Waals surface area (Å²) in [5, 5.41) is 2.81. The first-order valence-corrected chi connectivity index (χ1v) is 12.3. The minimum atomic E-state index is -3.76. The lowest BCUT2D eigenvalue weighted by molar-refractivity contribution is -0.117. The average molecular weight is 455 g/mol. The Morgan fingerprint density at radius 2 is 1.91 bits per heavy atom. The van der Waals surface area contributed by atoms with Gasteiger partial charge in [-0.1, -0.05) is 48.9 Å². The van der Waals surface area contributed by atoms with Crippen LogP contribution in [0.15, 0.2) is 77.1 Å². The van der Waals surface area contributed by atoms with E-state index in [1.165, 1.54) is 12.1 Å². The molecule has 7 nitrogen and oxygen atoms in total. The van der Waals surface area contributed by atoms with Gasteiger partial charge in [0.1, 0.15) is 5.84 Å². The van der Waals surface area contributed by atoms with Gasteiger partial charge in [-0.2, -0.15) is 0 Å². The molecule has 1 aliphatic heterocycles. The van der Waals surface area contributed by atoms with Crippen LogP contribution < -0.4 is 10.0 Å². The van der Waals surface area contributed by atoms with E-state index in [0.29, 0.717) is 37.6 Å². The Labute approximate surface area is 190 Å². The lowest BCUT2D eigenvalue weighted by Crippen LogP contribution is -2.33. The van der Waals surface area contributed by atoms with E-state index in [-0.39, 0.29) is 17.3 Å². The first kappa shape index (κ1) is 23.7. The minimum Gasteiger partial charge on any atom is -0.325 e. The van der Waals surface area contributed by atoms with E-state index in [0.717, 1.165) is 24.8 Å². The Kier molecular flexibility index (Phi) is 8.58. The maximum atomic E-state index is 12.8. The van der Waals surface area contributed by atoms with Crippen molar-refractivity contribution in [2.75, 3.05) is 25.0 Å². The molecule has 2 aromatic carbocycles. The van der Waals surface area contributed by atoms with Gasteiger partial charge in [-0.25, -0.2) is 8.42 Å². The van der Waals surface area contributed by atoms with Crippen LogP contribution in [-0.2, 0) is 21.4 Å². The first-order chi connectivity index (χ1) is 15.5. The fraction of sp³-hybridized carbons (Fsp3) is 0.333. The number of rotatable bonds is 9.